The normalized spacial score (nSPS) is 11.9. The van der Waals surface area contributed by atoms with E-state index in [4.69, 9.17) is 4.74 Å². The van der Waals surface area contributed by atoms with Crippen LogP contribution >= 0.6 is 11.3 Å². The predicted octanol–water partition coefficient (Wildman–Crippen LogP) is 3.37. The number of ether oxygens (including phenoxy) is 1. The number of fused-ring (bicyclic) bond motifs is 1. The minimum absolute atomic E-state index is 0.100. The molecule has 1 amide bonds. The minimum atomic E-state index is -0.344. The highest BCUT2D eigenvalue weighted by atomic mass is 32.1. The van der Waals surface area contributed by atoms with Crippen LogP contribution in [-0.4, -0.2) is 22.6 Å². The number of thiophene rings is 1. The highest BCUT2D eigenvalue weighted by Gasteiger charge is 2.18. The molecule has 7 heteroatoms. The average Bonchev–Trinajstić information content (AvgIpc) is 3.24. The summed E-state index contributed by atoms with van der Waals surface area (Å²) >= 11 is 1.40. The van der Waals surface area contributed by atoms with Crippen molar-refractivity contribution in [3.05, 3.63) is 93.9 Å². The summed E-state index contributed by atoms with van der Waals surface area (Å²) in [6, 6.07) is 18.6. The van der Waals surface area contributed by atoms with Crippen LogP contribution in [0.4, 0.5) is 0 Å². The molecular formula is C22H19N3O3S. The van der Waals surface area contributed by atoms with Crippen molar-refractivity contribution < 1.29 is 9.53 Å². The van der Waals surface area contributed by atoms with Crippen molar-refractivity contribution >= 4 is 27.5 Å². The molecule has 1 N–H and O–H groups in total. The van der Waals surface area contributed by atoms with Crippen molar-refractivity contribution in [2.45, 2.75) is 12.6 Å². The van der Waals surface area contributed by atoms with Gasteiger partial charge in [0.2, 0.25) is 5.91 Å². The maximum atomic E-state index is 12.8. The molecule has 4 rings (SSSR count). The fourth-order valence-electron chi connectivity index (χ4n) is 3.17. The van der Waals surface area contributed by atoms with Crippen LogP contribution in [0.3, 0.4) is 0 Å². The van der Waals surface area contributed by atoms with E-state index in [2.05, 4.69) is 10.3 Å². The Labute approximate surface area is 171 Å². The second-order valence-corrected chi connectivity index (χ2v) is 7.40. The van der Waals surface area contributed by atoms with Gasteiger partial charge < -0.3 is 10.1 Å². The first kappa shape index (κ1) is 18.9. The molecule has 0 aliphatic heterocycles. The zero-order valence-corrected chi connectivity index (χ0v) is 16.6. The van der Waals surface area contributed by atoms with E-state index in [0.717, 1.165) is 16.9 Å². The number of methoxy groups -OCH3 is 1. The Balaban J connectivity index is 1.60. The van der Waals surface area contributed by atoms with Crippen LogP contribution in [0.15, 0.2) is 77.2 Å². The summed E-state index contributed by atoms with van der Waals surface area (Å²) in [5.41, 5.74) is 1.65. The molecular weight excluding hydrogens is 386 g/mol. The maximum absolute atomic E-state index is 12.8. The summed E-state index contributed by atoms with van der Waals surface area (Å²) in [4.78, 5) is 30.3. The molecule has 4 aromatic rings. The van der Waals surface area contributed by atoms with Crippen molar-refractivity contribution in [1.82, 2.24) is 14.9 Å². The zero-order chi connectivity index (χ0) is 20.2. The lowest BCUT2D eigenvalue weighted by Gasteiger charge is -2.20. The Hall–Kier alpha value is -3.45. The number of carbonyl (C=O) groups is 1. The Morgan fingerprint density at radius 3 is 2.55 bits per heavy atom. The second kappa shape index (κ2) is 8.28. The number of nitrogens with one attached hydrogen (secondary N) is 1. The smallest absolute Gasteiger partial charge is 0.262 e. The molecule has 2 aromatic heterocycles. The van der Waals surface area contributed by atoms with Gasteiger partial charge in [0.15, 0.2) is 0 Å². The van der Waals surface area contributed by atoms with Gasteiger partial charge >= 0.3 is 0 Å². The number of hydrogen-bond donors (Lipinski definition) is 1. The molecule has 0 radical (unpaired) electrons. The zero-order valence-electron chi connectivity index (χ0n) is 15.7. The van der Waals surface area contributed by atoms with Crippen molar-refractivity contribution in [3.63, 3.8) is 0 Å². The molecule has 0 bridgehead atoms. The first-order valence-corrected chi connectivity index (χ1v) is 9.94. The largest absolute Gasteiger partial charge is 0.497 e. The fraction of sp³-hybridized carbons (Fsp3) is 0.136. The average molecular weight is 405 g/mol. The van der Waals surface area contributed by atoms with E-state index < -0.39 is 0 Å². The molecule has 29 heavy (non-hydrogen) atoms. The lowest BCUT2D eigenvalue weighted by Crippen LogP contribution is -2.35. The molecule has 0 unspecified atom stereocenters. The number of benzene rings is 2. The van der Waals surface area contributed by atoms with Gasteiger partial charge in [-0.25, -0.2) is 4.98 Å². The third-order valence-corrected chi connectivity index (χ3v) is 5.47. The van der Waals surface area contributed by atoms with E-state index in [1.54, 1.807) is 13.2 Å². The number of rotatable bonds is 6. The third-order valence-electron chi connectivity index (χ3n) is 4.65. The predicted molar refractivity (Wildman–Crippen MR) is 113 cm³/mol. The van der Waals surface area contributed by atoms with Gasteiger partial charge in [0, 0.05) is 0 Å². The SMILES string of the molecule is COc1ccc([C@@H](NC(=O)Cn2cnc3sccc3c2=O)c2ccccc2)cc1. The molecule has 1 atom stereocenters. The minimum Gasteiger partial charge on any atom is -0.497 e. The lowest BCUT2D eigenvalue weighted by atomic mass is 9.98. The fourth-order valence-corrected chi connectivity index (χ4v) is 3.89. The summed E-state index contributed by atoms with van der Waals surface area (Å²) in [5, 5.41) is 5.39. The van der Waals surface area contributed by atoms with Crippen molar-refractivity contribution in [2.24, 2.45) is 0 Å². The highest BCUT2D eigenvalue weighted by Crippen LogP contribution is 2.24. The Bertz CT molecular complexity index is 1180. The summed E-state index contributed by atoms with van der Waals surface area (Å²) in [5.74, 6) is 0.474. The maximum Gasteiger partial charge on any atom is 0.262 e. The number of carbonyl (C=O) groups excluding carboxylic acids is 1. The van der Waals surface area contributed by atoms with Gasteiger partial charge in [-0.1, -0.05) is 42.5 Å². The summed E-state index contributed by atoms with van der Waals surface area (Å²) in [7, 11) is 1.61. The van der Waals surface area contributed by atoms with E-state index in [0.29, 0.717) is 10.2 Å². The topological polar surface area (TPSA) is 73.2 Å². The van der Waals surface area contributed by atoms with Crippen LogP contribution in [0.5, 0.6) is 5.75 Å². The van der Waals surface area contributed by atoms with Gasteiger partial charge in [-0.2, -0.15) is 0 Å². The number of amides is 1. The first-order valence-electron chi connectivity index (χ1n) is 9.06. The van der Waals surface area contributed by atoms with Crippen LogP contribution in [0, 0.1) is 0 Å². The molecule has 6 nitrogen and oxygen atoms in total. The van der Waals surface area contributed by atoms with E-state index >= 15 is 0 Å². The van der Waals surface area contributed by atoms with E-state index in [-0.39, 0.29) is 24.1 Å². The molecule has 0 aliphatic carbocycles. The van der Waals surface area contributed by atoms with Gasteiger partial charge in [0.05, 0.1) is 24.9 Å². The lowest BCUT2D eigenvalue weighted by molar-refractivity contribution is -0.122. The molecule has 2 aromatic carbocycles. The van der Waals surface area contributed by atoms with E-state index in [9.17, 15) is 9.59 Å². The van der Waals surface area contributed by atoms with E-state index in [1.807, 2.05) is 60.0 Å². The van der Waals surface area contributed by atoms with Crippen LogP contribution in [0.1, 0.15) is 17.2 Å². The van der Waals surface area contributed by atoms with Crippen molar-refractivity contribution in [1.29, 1.82) is 0 Å². The Kier molecular flexibility index (Phi) is 5.39. The van der Waals surface area contributed by atoms with Gasteiger partial charge in [-0.3, -0.25) is 14.2 Å². The molecule has 2 heterocycles. The van der Waals surface area contributed by atoms with Crippen molar-refractivity contribution in [2.75, 3.05) is 7.11 Å². The van der Waals surface area contributed by atoms with Crippen LogP contribution in [-0.2, 0) is 11.3 Å². The first-order chi connectivity index (χ1) is 14.2. The van der Waals surface area contributed by atoms with E-state index in [1.165, 1.54) is 22.2 Å². The Morgan fingerprint density at radius 1 is 1.10 bits per heavy atom. The van der Waals surface area contributed by atoms with Gasteiger partial charge in [0.1, 0.15) is 17.1 Å². The van der Waals surface area contributed by atoms with Crippen LogP contribution in [0.25, 0.3) is 10.2 Å². The Morgan fingerprint density at radius 2 is 1.83 bits per heavy atom. The summed E-state index contributed by atoms with van der Waals surface area (Å²) in [6.07, 6.45) is 1.42. The number of aromatic nitrogens is 2. The second-order valence-electron chi connectivity index (χ2n) is 6.50. The van der Waals surface area contributed by atoms with Gasteiger partial charge in [-0.15, -0.1) is 11.3 Å². The third kappa shape index (κ3) is 4.05. The number of hydrogen-bond acceptors (Lipinski definition) is 5. The standard InChI is InChI=1S/C22H19N3O3S/c1-28-17-9-7-16(8-10-17)20(15-5-3-2-4-6-15)24-19(26)13-25-14-23-21-18(22(25)27)11-12-29-21/h2-12,14,20H,13H2,1H3,(H,24,26)/t20-/m0/s1. The van der Waals surface area contributed by atoms with Crippen LogP contribution < -0.4 is 15.6 Å². The summed E-state index contributed by atoms with van der Waals surface area (Å²) in [6.45, 7) is -0.100. The molecule has 0 fully saturated rings. The summed E-state index contributed by atoms with van der Waals surface area (Å²) < 4.78 is 6.56. The number of nitrogens with zero attached hydrogens (tertiary/aromatic N) is 2. The highest BCUT2D eigenvalue weighted by molar-refractivity contribution is 7.16. The molecule has 0 saturated heterocycles. The molecule has 146 valence electrons. The van der Waals surface area contributed by atoms with Crippen LogP contribution in [0.2, 0.25) is 0 Å². The molecule has 0 saturated carbocycles. The quantitative estimate of drug-likeness (QED) is 0.534. The molecule has 0 aliphatic rings. The molecule has 0 spiro atoms. The van der Waals surface area contributed by atoms with Gasteiger partial charge in [0.25, 0.3) is 5.56 Å². The van der Waals surface area contributed by atoms with Crippen molar-refractivity contribution in [3.8, 4) is 5.75 Å². The monoisotopic (exact) mass is 405 g/mol. The van der Waals surface area contributed by atoms with Gasteiger partial charge in [-0.05, 0) is 34.7 Å².